The molecule has 0 spiro atoms. The van der Waals surface area contributed by atoms with Crippen LogP contribution in [0, 0.1) is 0 Å². The van der Waals surface area contributed by atoms with E-state index in [2.05, 4.69) is 47.3 Å². The molecule has 0 aliphatic carbocycles. The molecule has 1 unspecified atom stereocenters. The van der Waals surface area contributed by atoms with E-state index in [0.717, 1.165) is 37.7 Å². The largest absolute Gasteiger partial charge is 0.444 e. The first-order chi connectivity index (χ1) is 20.8. The number of benzene rings is 1. The average molecular weight is 650 g/mol. The molecular formula is C34H54Cl2N6O2. The third-order valence-corrected chi connectivity index (χ3v) is 7.37. The van der Waals surface area contributed by atoms with E-state index in [4.69, 9.17) is 27.9 Å². The van der Waals surface area contributed by atoms with E-state index in [1.54, 1.807) is 12.3 Å². The monoisotopic (exact) mass is 648 g/mol. The topological polar surface area (TPSA) is 73.1 Å². The van der Waals surface area contributed by atoms with Crippen LogP contribution in [0.2, 0.25) is 10.0 Å². The van der Waals surface area contributed by atoms with Crippen molar-refractivity contribution in [2.45, 2.75) is 125 Å². The molecule has 1 aromatic rings. The Bertz CT molecular complexity index is 1140. The van der Waals surface area contributed by atoms with Gasteiger partial charge in [0, 0.05) is 73.0 Å². The van der Waals surface area contributed by atoms with Crippen LogP contribution in [-0.4, -0.2) is 70.1 Å². The van der Waals surface area contributed by atoms with Crippen LogP contribution in [0.5, 0.6) is 0 Å². The van der Waals surface area contributed by atoms with Crippen molar-refractivity contribution in [3.05, 3.63) is 58.4 Å². The minimum Gasteiger partial charge on any atom is -0.444 e. The summed E-state index contributed by atoms with van der Waals surface area (Å²) in [4.78, 5) is 26.3. The molecule has 1 aromatic carbocycles. The normalized spacial score (nSPS) is 20.2. The number of rotatable bonds is 6. The van der Waals surface area contributed by atoms with Crippen LogP contribution in [0.3, 0.4) is 0 Å². The summed E-state index contributed by atoms with van der Waals surface area (Å²) >= 11 is 12.6. The zero-order chi connectivity index (χ0) is 33.4. The molecule has 3 atom stereocenters. The van der Waals surface area contributed by atoms with E-state index < -0.39 is 5.60 Å². The fourth-order valence-electron chi connectivity index (χ4n) is 5.20. The van der Waals surface area contributed by atoms with Gasteiger partial charge in [-0.05, 0) is 84.1 Å². The van der Waals surface area contributed by atoms with E-state index in [1.807, 2.05) is 83.0 Å². The summed E-state index contributed by atoms with van der Waals surface area (Å²) < 4.78 is 5.77. The summed E-state index contributed by atoms with van der Waals surface area (Å²) in [5.74, 6) is 0.578. The van der Waals surface area contributed by atoms with E-state index in [9.17, 15) is 4.79 Å². The van der Waals surface area contributed by atoms with Gasteiger partial charge in [-0.3, -0.25) is 5.01 Å². The molecule has 2 aliphatic heterocycles. The van der Waals surface area contributed by atoms with Gasteiger partial charge in [0.1, 0.15) is 5.60 Å². The number of hydrogen-bond donors (Lipinski definition) is 0. The Morgan fingerprint density at radius 3 is 2.11 bits per heavy atom. The molecular weight excluding hydrogens is 595 g/mol. The molecule has 1 saturated heterocycles. The number of allylic oxidation sites excluding steroid dienone is 1. The number of likely N-dealkylation sites (tertiary alicyclic amines) is 1. The van der Waals surface area contributed by atoms with Gasteiger partial charge in [0.05, 0.1) is 0 Å². The minimum absolute atomic E-state index is 0.0413. The molecule has 1 amide bonds. The second-order valence-corrected chi connectivity index (χ2v) is 12.5. The molecule has 0 saturated carbocycles. The Morgan fingerprint density at radius 1 is 1.14 bits per heavy atom. The third-order valence-electron chi connectivity index (χ3n) is 6.93. The second kappa shape index (κ2) is 19.5. The Balaban J connectivity index is 0.000000824. The SMILES string of the molecule is C=CN=C(/N=C\C)N(Cc1cc(Cl)cc(Cl)c1)C1C[C@@H](CC)N(C(=O)OC(C)(C)C)[C@@H](CC)C1.CC.CC1=CN(C)N=CC1. The molecule has 0 bridgehead atoms. The number of hydrazone groups is 1. The third kappa shape index (κ3) is 13.0. The summed E-state index contributed by atoms with van der Waals surface area (Å²) in [6, 6.07) is 5.73. The second-order valence-electron chi connectivity index (χ2n) is 11.6. The number of piperidine rings is 1. The van der Waals surface area contributed by atoms with Gasteiger partial charge in [-0.1, -0.05) is 63.0 Å². The van der Waals surface area contributed by atoms with Crippen LogP contribution < -0.4 is 0 Å². The number of carbonyl (C=O) groups is 1. The molecule has 3 rings (SSSR count). The van der Waals surface area contributed by atoms with Crippen LogP contribution in [0.25, 0.3) is 0 Å². The maximum absolute atomic E-state index is 13.1. The maximum atomic E-state index is 13.1. The number of hydrogen-bond acceptors (Lipinski definition) is 5. The van der Waals surface area contributed by atoms with Crippen LogP contribution in [0.15, 0.2) is 57.8 Å². The molecule has 0 aromatic heterocycles. The number of nitrogens with zero attached hydrogens (tertiary/aromatic N) is 6. The summed E-state index contributed by atoms with van der Waals surface area (Å²) in [5.41, 5.74) is 1.79. The van der Waals surface area contributed by atoms with Crippen molar-refractivity contribution in [3.63, 3.8) is 0 Å². The van der Waals surface area contributed by atoms with Gasteiger partial charge in [0.2, 0.25) is 5.96 Å². The zero-order valence-corrected chi connectivity index (χ0v) is 30.0. The lowest BCUT2D eigenvalue weighted by Gasteiger charge is -2.48. The van der Waals surface area contributed by atoms with Crippen molar-refractivity contribution in [3.8, 4) is 0 Å². The van der Waals surface area contributed by atoms with Crippen molar-refractivity contribution >= 4 is 47.7 Å². The predicted molar refractivity (Wildman–Crippen MR) is 189 cm³/mol. The lowest BCUT2D eigenvalue weighted by Crippen LogP contribution is -2.58. The quantitative estimate of drug-likeness (QED) is 0.227. The summed E-state index contributed by atoms with van der Waals surface area (Å²) in [5, 5.41) is 7.00. The van der Waals surface area contributed by atoms with Gasteiger partial charge in [0.25, 0.3) is 0 Å². The van der Waals surface area contributed by atoms with E-state index in [-0.39, 0.29) is 24.2 Å². The van der Waals surface area contributed by atoms with Crippen LogP contribution >= 0.6 is 23.2 Å². The van der Waals surface area contributed by atoms with Crippen molar-refractivity contribution in [1.29, 1.82) is 0 Å². The smallest absolute Gasteiger partial charge is 0.410 e. The van der Waals surface area contributed by atoms with Gasteiger partial charge in [0.15, 0.2) is 0 Å². The van der Waals surface area contributed by atoms with Crippen molar-refractivity contribution in [2.75, 3.05) is 7.05 Å². The van der Waals surface area contributed by atoms with Crippen LogP contribution in [0.4, 0.5) is 4.79 Å². The highest BCUT2D eigenvalue weighted by atomic mass is 35.5. The highest BCUT2D eigenvalue weighted by Gasteiger charge is 2.41. The number of halogens is 2. The van der Waals surface area contributed by atoms with Gasteiger partial charge >= 0.3 is 6.09 Å². The number of amides is 1. The lowest BCUT2D eigenvalue weighted by atomic mass is 9.87. The van der Waals surface area contributed by atoms with E-state index in [0.29, 0.717) is 22.5 Å². The highest BCUT2D eigenvalue weighted by Crippen LogP contribution is 2.33. The Labute approximate surface area is 276 Å². The van der Waals surface area contributed by atoms with Gasteiger partial charge in [-0.2, -0.15) is 5.10 Å². The van der Waals surface area contributed by atoms with Crippen molar-refractivity contribution in [2.24, 2.45) is 15.1 Å². The van der Waals surface area contributed by atoms with Gasteiger partial charge < -0.3 is 14.5 Å². The standard InChI is InChI=1S/C26H38Cl2N4O2.C6H10N2.C2H6/c1-8-21-15-23(16-22(9-2)32(21)25(33)34-26(5,6)7)31(24(29-10-3)30-11-4)17-18-12-19(27)14-20(28)13-18;1-6-3-4-7-8(2)5-6;1-2/h10-14,21-23H,3,8-9,15-17H2,1-2,4-7H3;4-5H,3H2,1-2H3;1-2H3/b29-24?,30-11-;;/t21-,22+,23?;;. The average Bonchev–Trinajstić information content (AvgIpc) is 2.95. The highest BCUT2D eigenvalue weighted by molar-refractivity contribution is 6.34. The molecule has 44 heavy (non-hydrogen) atoms. The summed E-state index contributed by atoms with van der Waals surface area (Å²) in [6.07, 6.45) is 11.1. The Kier molecular flexibility index (Phi) is 17.4. The Morgan fingerprint density at radius 2 is 1.70 bits per heavy atom. The minimum atomic E-state index is -0.540. The summed E-state index contributed by atoms with van der Waals surface area (Å²) in [6.45, 7) is 22.2. The number of carbonyl (C=O) groups excluding carboxylic acids is 1. The first kappa shape index (κ1) is 39.2. The van der Waals surface area contributed by atoms with E-state index in [1.165, 1.54) is 11.8 Å². The number of guanidine groups is 1. The lowest BCUT2D eigenvalue weighted by molar-refractivity contribution is -0.0174. The molecule has 10 heteroatoms. The maximum Gasteiger partial charge on any atom is 0.410 e. The fourth-order valence-corrected chi connectivity index (χ4v) is 5.77. The van der Waals surface area contributed by atoms with Crippen molar-refractivity contribution in [1.82, 2.24) is 14.8 Å². The molecule has 2 aliphatic rings. The molecule has 246 valence electrons. The zero-order valence-electron chi connectivity index (χ0n) is 28.5. The fraction of sp³-hybridized carbons (Fsp3) is 0.588. The summed E-state index contributed by atoms with van der Waals surface area (Å²) in [7, 11) is 1.93. The molecule has 2 heterocycles. The molecule has 0 N–H and O–H groups in total. The molecule has 0 radical (unpaired) electrons. The van der Waals surface area contributed by atoms with Crippen LogP contribution in [-0.2, 0) is 11.3 Å². The van der Waals surface area contributed by atoms with Gasteiger partial charge in [-0.15, -0.1) is 0 Å². The van der Waals surface area contributed by atoms with E-state index >= 15 is 0 Å². The predicted octanol–water partition coefficient (Wildman–Crippen LogP) is 9.58. The first-order valence-electron chi connectivity index (χ1n) is 15.6. The molecule has 1 fully saturated rings. The number of aliphatic imine (C=N–C) groups is 2. The number of ether oxygens (including phenoxy) is 1. The van der Waals surface area contributed by atoms with Crippen molar-refractivity contribution < 1.29 is 9.53 Å². The Hall–Kier alpha value is -2.84. The van der Waals surface area contributed by atoms with Gasteiger partial charge in [-0.25, -0.2) is 14.8 Å². The van der Waals surface area contributed by atoms with Crippen LogP contribution in [0.1, 0.15) is 100.0 Å². The first-order valence-corrected chi connectivity index (χ1v) is 16.4. The molecule has 8 nitrogen and oxygen atoms in total.